The van der Waals surface area contributed by atoms with Gasteiger partial charge in [-0.2, -0.15) is 26.3 Å². The predicted octanol–water partition coefficient (Wildman–Crippen LogP) is 4.38. The predicted molar refractivity (Wildman–Crippen MR) is 68.2 cm³/mol. The monoisotopic (exact) mass is 348 g/mol. The molecule has 23 heavy (non-hydrogen) atoms. The van der Waals surface area contributed by atoms with Crippen LogP contribution in [0.2, 0.25) is 0 Å². The number of hydrogen-bond donors (Lipinski definition) is 0. The number of esters is 1. The van der Waals surface area contributed by atoms with Gasteiger partial charge in [-0.15, -0.1) is 0 Å². The second-order valence-corrected chi connectivity index (χ2v) is 6.41. The summed E-state index contributed by atoms with van der Waals surface area (Å²) >= 11 is 0. The van der Waals surface area contributed by atoms with Crippen molar-refractivity contribution in [2.24, 2.45) is 11.3 Å². The second kappa shape index (κ2) is 5.12. The van der Waals surface area contributed by atoms with E-state index in [0.29, 0.717) is 0 Å². The zero-order chi connectivity index (χ0) is 18.6. The summed E-state index contributed by atoms with van der Waals surface area (Å²) in [5, 5.41) is 0. The van der Waals surface area contributed by atoms with E-state index >= 15 is 0 Å². The SMILES string of the molecule is C=C(C)C(=O)OC1(C)OC(C(F)(F)F)(C(F)(F)F)C(C)(C)C1C. The highest BCUT2D eigenvalue weighted by Gasteiger charge is 2.85. The van der Waals surface area contributed by atoms with Crippen LogP contribution >= 0.6 is 0 Å². The van der Waals surface area contributed by atoms with Crippen LogP contribution in [0.3, 0.4) is 0 Å². The molecule has 2 unspecified atom stereocenters. The molecular formula is C14H18F6O3. The standard InChI is InChI=1S/C14H18F6O3/c1-7(2)9(21)22-11(6)8(3)10(4,5)12(23-11,13(15,16)17)14(18,19)20/h8H,1H2,2-6H3. The minimum atomic E-state index is -5.75. The van der Waals surface area contributed by atoms with Crippen LogP contribution in [-0.2, 0) is 14.3 Å². The molecule has 0 aromatic carbocycles. The summed E-state index contributed by atoms with van der Waals surface area (Å²) in [5.74, 6) is -4.94. The number of halogens is 6. The number of rotatable bonds is 2. The van der Waals surface area contributed by atoms with Crippen molar-refractivity contribution >= 4 is 5.97 Å². The van der Waals surface area contributed by atoms with Crippen LogP contribution in [-0.4, -0.2) is 29.7 Å². The molecule has 0 saturated carbocycles. The maximum Gasteiger partial charge on any atom is 0.427 e. The lowest BCUT2D eigenvalue weighted by Crippen LogP contribution is -2.64. The molecule has 0 amide bonds. The highest BCUT2D eigenvalue weighted by molar-refractivity contribution is 5.87. The summed E-state index contributed by atoms with van der Waals surface area (Å²) in [6, 6.07) is 0. The van der Waals surface area contributed by atoms with Gasteiger partial charge in [0.2, 0.25) is 5.79 Å². The van der Waals surface area contributed by atoms with Crippen LogP contribution in [0.25, 0.3) is 0 Å². The van der Waals surface area contributed by atoms with Gasteiger partial charge in [-0.1, -0.05) is 27.4 Å². The van der Waals surface area contributed by atoms with Crippen LogP contribution < -0.4 is 0 Å². The molecule has 0 N–H and O–H groups in total. The molecular weight excluding hydrogens is 330 g/mol. The zero-order valence-corrected chi connectivity index (χ0v) is 13.3. The summed E-state index contributed by atoms with van der Waals surface area (Å²) < 4.78 is 89.8. The Hall–Kier alpha value is -1.25. The Kier molecular flexibility index (Phi) is 4.41. The first-order valence-corrected chi connectivity index (χ1v) is 6.66. The van der Waals surface area contributed by atoms with E-state index in [0.717, 1.165) is 27.7 Å². The van der Waals surface area contributed by atoms with Gasteiger partial charge in [0.05, 0.1) is 0 Å². The van der Waals surface area contributed by atoms with Crippen molar-refractivity contribution in [1.29, 1.82) is 0 Å². The van der Waals surface area contributed by atoms with Crippen molar-refractivity contribution in [2.45, 2.75) is 58.4 Å². The summed E-state index contributed by atoms with van der Waals surface area (Å²) in [7, 11) is 0. The molecule has 9 heteroatoms. The highest BCUT2D eigenvalue weighted by atomic mass is 19.4. The van der Waals surface area contributed by atoms with Gasteiger partial charge in [0.15, 0.2) is 0 Å². The minimum Gasteiger partial charge on any atom is -0.430 e. The van der Waals surface area contributed by atoms with Gasteiger partial charge < -0.3 is 9.47 Å². The number of carbonyl (C=O) groups excluding carboxylic acids is 1. The van der Waals surface area contributed by atoms with E-state index in [-0.39, 0.29) is 5.57 Å². The maximum atomic E-state index is 13.4. The average Bonchev–Trinajstić information content (AvgIpc) is 2.46. The molecule has 2 atom stereocenters. The van der Waals surface area contributed by atoms with Gasteiger partial charge in [0, 0.05) is 23.8 Å². The Morgan fingerprint density at radius 3 is 1.74 bits per heavy atom. The minimum absolute atomic E-state index is 0.170. The van der Waals surface area contributed by atoms with Gasteiger partial charge >= 0.3 is 18.3 Å². The van der Waals surface area contributed by atoms with Crippen molar-refractivity contribution < 1.29 is 40.6 Å². The highest BCUT2D eigenvalue weighted by Crippen LogP contribution is 2.66. The van der Waals surface area contributed by atoms with E-state index in [9.17, 15) is 31.1 Å². The molecule has 1 aliphatic heterocycles. The van der Waals surface area contributed by atoms with Gasteiger partial charge in [-0.3, -0.25) is 0 Å². The van der Waals surface area contributed by atoms with Crippen molar-refractivity contribution in [2.75, 3.05) is 0 Å². The summed E-state index contributed by atoms with van der Waals surface area (Å²) in [4.78, 5) is 11.6. The van der Waals surface area contributed by atoms with E-state index in [4.69, 9.17) is 4.74 Å². The lowest BCUT2D eigenvalue weighted by Gasteiger charge is -2.42. The molecule has 0 bridgehead atoms. The fourth-order valence-electron chi connectivity index (χ4n) is 2.87. The van der Waals surface area contributed by atoms with E-state index in [1.54, 1.807) is 0 Å². The Morgan fingerprint density at radius 2 is 1.48 bits per heavy atom. The molecule has 0 aliphatic carbocycles. The third-order valence-corrected chi connectivity index (χ3v) is 4.57. The third-order valence-electron chi connectivity index (χ3n) is 4.57. The van der Waals surface area contributed by atoms with Gasteiger partial charge in [0.25, 0.3) is 5.60 Å². The van der Waals surface area contributed by atoms with Crippen molar-refractivity contribution in [3.8, 4) is 0 Å². The smallest absolute Gasteiger partial charge is 0.427 e. The van der Waals surface area contributed by atoms with Gasteiger partial charge in [0.1, 0.15) is 0 Å². The van der Waals surface area contributed by atoms with Crippen LogP contribution in [0.4, 0.5) is 26.3 Å². The number of hydrogen-bond acceptors (Lipinski definition) is 3. The zero-order valence-electron chi connectivity index (χ0n) is 13.3. The fourth-order valence-corrected chi connectivity index (χ4v) is 2.87. The Bertz CT molecular complexity index is 506. The first kappa shape index (κ1) is 19.8. The van der Waals surface area contributed by atoms with E-state index in [2.05, 4.69) is 11.3 Å². The van der Waals surface area contributed by atoms with Crippen molar-refractivity contribution in [3.05, 3.63) is 12.2 Å². The van der Waals surface area contributed by atoms with Crippen LogP contribution in [0.5, 0.6) is 0 Å². The molecule has 134 valence electrons. The molecule has 0 aromatic heterocycles. The molecule has 0 aromatic rings. The van der Waals surface area contributed by atoms with Crippen LogP contribution in [0.1, 0.15) is 34.6 Å². The lowest BCUT2D eigenvalue weighted by molar-refractivity contribution is -0.416. The topological polar surface area (TPSA) is 35.5 Å². The molecule has 0 spiro atoms. The number of ether oxygens (including phenoxy) is 2. The Balaban J connectivity index is 3.54. The largest absolute Gasteiger partial charge is 0.430 e. The van der Waals surface area contributed by atoms with Crippen LogP contribution in [0.15, 0.2) is 12.2 Å². The summed E-state index contributed by atoms with van der Waals surface area (Å²) in [6.45, 7) is 8.05. The first-order valence-electron chi connectivity index (χ1n) is 6.66. The van der Waals surface area contributed by atoms with E-state index in [1.807, 2.05) is 0 Å². The molecule has 1 aliphatic rings. The third kappa shape index (κ3) is 2.62. The molecule has 1 heterocycles. The molecule has 1 fully saturated rings. The van der Waals surface area contributed by atoms with Gasteiger partial charge in [-0.05, 0) is 6.92 Å². The molecule has 1 saturated heterocycles. The summed E-state index contributed by atoms with van der Waals surface area (Å²) in [5.41, 5.74) is -7.07. The van der Waals surface area contributed by atoms with Crippen molar-refractivity contribution in [3.63, 3.8) is 0 Å². The fraction of sp³-hybridized carbons (Fsp3) is 0.786. The lowest BCUT2D eigenvalue weighted by atomic mass is 9.66. The molecule has 1 rings (SSSR count). The van der Waals surface area contributed by atoms with Crippen molar-refractivity contribution in [1.82, 2.24) is 0 Å². The van der Waals surface area contributed by atoms with E-state index < -0.39 is 41.0 Å². The molecule has 3 nitrogen and oxygen atoms in total. The quantitative estimate of drug-likeness (QED) is 0.422. The maximum absolute atomic E-state index is 13.4. The second-order valence-electron chi connectivity index (χ2n) is 6.41. The Labute approximate surface area is 129 Å². The first-order chi connectivity index (χ1) is 9.94. The van der Waals surface area contributed by atoms with E-state index in [1.165, 1.54) is 6.92 Å². The summed E-state index contributed by atoms with van der Waals surface area (Å²) in [6.07, 6.45) is -11.5. The average molecular weight is 348 g/mol. The normalized spacial score (nSPS) is 30.1. The van der Waals surface area contributed by atoms with Gasteiger partial charge in [-0.25, -0.2) is 4.79 Å². The Morgan fingerprint density at radius 1 is 1.09 bits per heavy atom. The number of alkyl halides is 6. The van der Waals surface area contributed by atoms with Crippen LogP contribution in [0, 0.1) is 11.3 Å². The number of carbonyl (C=O) groups is 1. The molecule has 0 radical (unpaired) electrons.